The first-order valence-electron chi connectivity index (χ1n) is 5.29. The molecule has 0 spiro atoms. The number of hydrogen-bond acceptors (Lipinski definition) is 5. The van der Waals surface area contributed by atoms with Gasteiger partial charge in [-0.1, -0.05) is 0 Å². The predicted octanol–water partition coefficient (Wildman–Crippen LogP) is -1.34. The van der Waals surface area contributed by atoms with Crippen LogP contribution in [0.2, 0.25) is 0 Å². The molecule has 0 aliphatic carbocycles. The zero-order chi connectivity index (χ0) is 13.6. The van der Waals surface area contributed by atoms with E-state index in [-0.39, 0.29) is 18.8 Å². The summed E-state index contributed by atoms with van der Waals surface area (Å²) in [5.41, 5.74) is 10.4. The van der Waals surface area contributed by atoms with Gasteiger partial charge in [0.25, 0.3) is 0 Å². The van der Waals surface area contributed by atoms with E-state index in [0.29, 0.717) is 0 Å². The van der Waals surface area contributed by atoms with Crippen molar-refractivity contribution in [2.75, 3.05) is 13.2 Å². The van der Waals surface area contributed by atoms with Gasteiger partial charge in [-0.15, -0.1) is 0 Å². The van der Waals surface area contributed by atoms with Crippen LogP contribution in [0.25, 0.3) is 0 Å². The van der Waals surface area contributed by atoms with Crippen molar-refractivity contribution in [3.63, 3.8) is 0 Å². The Morgan fingerprint density at radius 3 is 2.24 bits per heavy atom. The molecule has 7 heteroatoms. The Balaban J connectivity index is 3.94. The maximum absolute atomic E-state index is 11.4. The SMILES string of the molecule is CC(C)(C)OCC(N)C(=O)NCC(N)C(=O)O. The lowest BCUT2D eigenvalue weighted by Crippen LogP contribution is -2.49. The molecule has 0 saturated carbocycles. The monoisotopic (exact) mass is 247 g/mol. The molecule has 100 valence electrons. The lowest BCUT2D eigenvalue weighted by Gasteiger charge is -2.22. The number of rotatable bonds is 6. The first-order chi connectivity index (χ1) is 7.63. The van der Waals surface area contributed by atoms with E-state index in [4.69, 9.17) is 21.3 Å². The molecule has 0 aliphatic heterocycles. The first kappa shape index (κ1) is 15.8. The molecule has 17 heavy (non-hydrogen) atoms. The Labute approximate surface area is 100 Å². The zero-order valence-electron chi connectivity index (χ0n) is 10.4. The van der Waals surface area contributed by atoms with Crippen LogP contribution in [0.4, 0.5) is 0 Å². The van der Waals surface area contributed by atoms with Gasteiger partial charge in [0.05, 0.1) is 12.2 Å². The molecular weight excluding hydrogens is 226 g/mol. The summed E-state index contributed by atoms with van der Waals surface area (Å²) in [6.07, 6.45) is 0. The van der Waals surface area contributed by atoms with Gasteiger partial charge < -0.3 is 26.6 Å². The van der Waals surface area contributed by atoms with Crippen molar-refractivity contribution in [2.45, 2.75) is 38.5 Å². The van der Waals surface area contributed by atoms with Gasteiger partial charge in [0.15, 0.2) is 0 Å². The van der Waals surface area contributed by atoms with Crippen LogP contribution in [0.15, 0.2) is 0 Å². The van der Waals surface area contributed by atoms with Crippen molar-refractivity contribution in [2.24, 2.45) is 11.5 Å². The second kappa shape index (κ2) is 6.53. The third kappa shape index (κ3) is 7.67. The largest absolute Gasteiger partial charge is 0.480 e. The summed E-state index contributed by atoms with van der Waals surface area (Å²) < 4.78 is 5.33. The number of nitrogens with two attached hydrogens (primary N) is 2. The van der Waals surface area contributed by atoms with E-state index in [9.17, 15) is 9.59 Å². The molecule has 0 bridgehead atoms. The third-order valence-corrected chi connectivity index (χ3v) is 1.85. The van der Waals surface area contributed by atoms with Gasteiger partial charge in [-0.2, -0.15) is 0 Å². The molecule has 0 aromatic rings. The molecule has 0 saturated heterocycles. The number of amides is 1. The molecule has 0 aliphatic rings. The lowest BCUT2D eigenvalue weighted by molar-refractivity contribution is -0.138. The fraction of sp³-hybridized carbons (Fsp3) is 0.800. The van der Waals surface area contributed by atoms with Gasteiger partial charge in [0, 0.05) is 6.54 Å². The Morgan fingerprint density at radius 2 is 1.82 bits per heavy atom. The van der Waals surface area contributed by atoms with Crippen LogP contribution in [0.5, 0.6) is 0 Å². The highest BCUT2D eigenvalue weighted by molar-refractivity contribution is 5.82. The van der Waals surface area contributed by atoms with Gasteiger partial charge >= 0.3 is 5.97 Å². The Morgan fingerprint density at radius 1 is 1.29 bits per heavy atom. The molecule has 0 radical (unpaired) electrons. The second-order valence-corrected chi connectivity index (χ2v) is 4.72. The van der Waals surface area contributed by atoms with Crippen LogP contribution in [0.3, 0.4) is 0 Å². The molecule has 7 nitrogen and oxygen atoms in total. The van der Waals surface area contributed by atoms with Crippen LogP contribution in [0, 0.1) is 0 Å². The Hall–Kier alpha value is -1.18. The smallest absolute Gasteiger partial charge is 0.322 e. The summed E-state index contributed by atoms with van der Waals surface area (Å²) in [5, 5.41) is 10.9. The summed E-state index contributed by atoms with van der Waals surface area (Å²) in [6, 6.07) is -1.97. The standard InChI is InChI=1S/C10H21N3O4/c1-10(2,3)17-5-7(12)8(14)13-4-6(11)9(15)16/h6-7H,4-5,11-12H2,1-3H3,(H,13,14)(H,15,16). The molecule has 0 fully saturated rings. The number of hydrogen-bond donors (Lipinski definition) is 4. The van der Waals surface area contributed by atoms with E-state index < -0.39 is 24.0 Å². The van der Waals surface area contributed by atoms with E-state index in [2.05, 4.69) is 5.32 Å². The molecule has 0 rings (SSSR count). The molecule has 6 N–H and O–H groups in total. The normalized spacial score (nSPS) is 15.1. The molecule has 0 aromatic carbocycles. The van der Waals surface area contributed by atoms with E-state index in [1.165, 1.54) is 0 Å². The number of nitrogens with one attached hydrogen (secondary N) is 1. The number of carboxylic acids is 1. The van der Waals surface area contributed by atoms with Crippen molar-refractivity contribution in [3.8, 4) is 0 Å². The second-order valence-electron chi connectivity index (χ2n) is 4.72. The summed E-state index contributed by atoms with van der Waals surface area (Å²) in [4.78, 5) is 21.8. The molecule has 0 aromatic heterocycles. The minimum atomic E-state index is -1.18. The average molecular weight is 247 g/mol. The quantitative estimate of drug-likeness (QED) is 0.460. The molecule has 0 heterocycles. The van der Waals surface area contributed by atoms with Gasteiger partial charge in [-0.25, -0.2) is 0 Å². The van der Waals surface area contributed by atoms with Crippen molar-refractivity contribution >= 4 is 11.9 Å². The summed E-state index contributed by atoms with van der Waals surface area (Å²) in [5.74, 6) is -1.66. The fourth-order valence-corrected chi connectivity index (χ4v) is 0.844. The lowest BCUT2D eigenvalue weighted by atomic mass is 10.2. The number of carbonyl (C=O) groups excluding carboxylic acids is 1. The summed E-state index contributed by atoms with van der Waals surface area (Å²) >= 11 is 0. The maximum Gasteiger partial charge on any atom is 0.322 e. The molecule has 2 unspecified atom stereocenters. The van der Waals surface area contributed by atoms with Gasteiger partial charge in [0.1, 0.15) is 12.1 Å². The molecule has 1 amide bonds. The van der Waals surface area contributed by atoms with E-state index in [1.807, 2.05) is 20.8 Å². The average Bonchev–Trinajstić information content (AvgIpc) is 2.20. The van der Waals surface area contributed by atoms with Crippen LogP contribution >= 0.6 is 0 Å². The summed E-state index contributed by atoms with van der Waals surface area (Å²) in [6.45, 7) is 5.45. The Bertz CT molecular complexity index is 275. The zero-order valence-corrected chi connectivity index (χ0v) is 10.4. The van der Waals surface area contributed by atoms with Crippen LogP contribution in [-0.2, 0) is 14.3 Å². The molecular formula is C10H21N3O4. The van der Waals surface area contributed by atoms with E-state index in [1.54, 1.807) is 0 Å². The van der Waals surface area contributed by atoms with Crippen LogP contribution in [0.1, 0.15) is 20.8 Å². The number of aliphatic carboxylic acids is 1. The highest BCUT2D eigenvalue weighted by atomic mass is 16.5. The highest BCUT2D eigenvalue weighted by Crippen LogP contribution is 2.06. The van der Waals surface area contributed by atoms with Crippen molar-refractivity contribution < 1.29 is 19.4 Å². The van der Waals surface area contributed by atoms with Crippen molar-refractivity contribution in [3.05, 3.63) is 0 Å². The number of carbonyl (C=O) groups is 2. The minimum Gasteiger partial charge on any atom is -0.480 e. The van der Waals surface area contributed by atoms with E-state index in [0.717, 1.165) is 0 Å². The summed E-state index contributed by atoms with van der Waals surface area (Å²) in [7, 11) is 0. The topological polar surface area (TPSA) is 128 Å². The fourth-order valence-electron chi connectivity index (χ4n) is 0.844. The number of carboxylic acid groups (broad SMARTS) is 1. The van der Waals surface area contributed by atoms with Gasteiger partial charge in [0.2, 0.25) is 5.91 Å². The van der Waals surface area contributed by atoms with Crippen molar-refractivity contribution in [1.82, 2.24) is 5.32 Å². The number of ether oxygens (including phenoxy) is 1. The van der Waals surface area contributed by atoms with Crippen LogP contribution in [-0.4, -0.2) is 47.8 Å². The maximum atomic E-state index is 11.4. The first-order valence-corrected chi connectivity index (χ1v) is 5.29. The van der Waals surface area contributed by atoms with Crippen LogP contribution < -0.4 is 16.8 Å². The van der Waals surface area contributed by atoms with Crippen molar-refractivity contribution in [1.29, 1.82) is 0 Å². The predicted molar refractivity (Wildman–Crippen MR) is 62.3 cm³/mol. The third-order valence-electron chi connectivity index (χ3n) is 1.85. The minimum absolute atomic E-state index is 0.0671. The van der Waals surface area contributed by atoms with Gasteiger partial charge in [-0.05, 0) is 20.8 Å². The Kier molecular flexibility index (Phi) is 6.08. The molecule has 2 atom stereocenters. The van der Waals surface area contributed by atoms with Gasteiger partial charge in [-0.3, -0.25) is 9.59 Å². The highest BCUT2D eigenvalue weighted by Gasteiger charge is 2.19. The van der Waals surface area contributed by atoms with E-state index >= 15 is 0 Å².